The van der Waals surface area contributed by atoms with Gasteiger partial charge in [-0.2, -0.15) is 0 Å². The molecule has 110 valence electrons. The molecule has 0 saturated carbocycles. The average Bonchev–Trinajstić information content (AvgIpc) is 2.90. The minimum atomic E-state index is 0.0977. The Bertz CT molecular complexity index is 761. The fourth-order valence-corrected chi connectivity index (χ4v) is 2.49. The Morgan fingerprint density at radius 3 is 2.32 bits per heavy atom. The van der Waals surface area contributed by atoms with Gasteiger partial charge in [-0.25, -0.2) is 4.98 Å². The van der Waals surface area contributed by atoms with Crippen molar-refractivity contribution < 1.29 is 4.79 Å². The van der Waals surface area contributed by atoms with Crippen molar-refractivity contribution in [1.82, 2.24) is 9.55 Å². The molecule has 0 spiro atoms. The number of nitrogens with zero attached hydrogens (tertiary/aromatic N) is 2. The molecule has 3 rings (SSSR count). The van der Waals surface area contributed by atoms with Gasteiger partial charge in [0.05, 0.1) is 6.42 Å². The summed E-state index contributed by atoms with van der Waals surface area (Å²) in [7, 11) is 1.97. The van der Waals surface area contributed by atoms with E-state index in [2.05, 4.69) is 17.1 Å². The molecule has 1 aromatic heterocycles. The first-order chi connectivity index (χ1) is 10.7. The minimum absolute atomic E-state index is 0.0977. The summed E-state index contributed by atoms with van der Waals surface area (Å²) in [4.78, 5) is 16.7. The van der Waals surface area contributed by atoms with E-state index in [0.29, 0.717) is 6.42 Å². The number of benzene rings is 2. The van der Waals surface area contributed by atoms with E-state index in [1.165, 1.54) is 5.56 Å². The molecule has 0 atom stereocenters. The van der Waals surface area contributed by atoms with E-state index in [9.17, 15) is 4.79 Å². The van der Waals surface area contributed by atoms with Crippen molar-refractivity contribution >= 4 is 5.78 Å². The molecule has 3 aromatic rings. The molecule has 0 amide bonds. The van der Waals surface area contributed by atoms with Crippen molar-refractivity contribution in [2.24, 2.45) is 7.05 Å². The summed E-state index contributed by atoms with van der Waals surface area (Å²) < 4.78 is 2.02. The van der Waals surface area contributed by atoms with Gasteiger partial charge in [0.2, 0.25) is 0 Å². The topological polar surface area (TPSA) is 34.9 Å². The third-order valence-corrected chi connectivity index (χ3v) is 3.82. The van der Waals surface area contributed by atoms with Gasteiger partial charge in [0.15, 0.2) is 5.78 Å². The molecule has 0 bridgehead atoms. The lowest BCUT2D eigenvalue weighted by atomic mass is 10.1. The summed E-state index contributed by atoms with van der Waals surface area (Å²) in [5.41, 5.74) is 3.09. The van der Waals surface area contributed by atoms with E-state index < -0.39 is 0 Å². The van der Waals surface area contributed by atoms with Crippen molar-refractivity contribution in [3.8, 4) is 0 Å². The average molecular weight is 290 g/mol. The lowest BCUT2D eigenvalue weighted by Crippen LogP contribution is -2.09. The number of hydrogen-bond acceptors (Lipinski definition) is 2. The molecule has 0 radical (unpaired) electrons. The fourth-order valence-electron chi connectivity index (χ4n) is 2.49. The highest BCUT2D eigenvalue weighted by molar-refractivity contribution is 5.97. The Hall–Kier alpha value is -2.68. The molecular weight excluding hydrogens is 272 g/mol. The standard InChI is InChI=1S/C19H18N2O/c1-21-17(12-15-8-4-2-5-9-15)14-20-19(21)13-18(22)16-10-6-3-7-11-16/h2-11,14H,12-13H2,1H3. The van der Waals surface area contributed by atoms with Gasteiger partial charge in [-0.05, 0) is 5.56 Å². The molecule has 0 aliphatic carbocycles. The molecule has 2 aromatic carbocycles. The van der Waals surface area contributed by atoms with E-state index in [-0.39, 0.29) is 5.78 Å². The molecule has 0 fully saturated rings. The van der Waals surface area contributed by atoms with E-state index in [0.717, 1.165) is 23.5 Å². The molecule has 0 N–H and O–H groups in total. The van der Waals surface area contributed by atoms with Crippen molar-refractivity contribution in [3.63, 3.8) is 0 Å². The van der Waals surface area contributed by atoms with Crippen LogP contribution in [0.15, 0.2) is 66.9 Å². The monoisotopic (exact) mass is 290 g/mol. The fraction of sp³-hybridized carbons (Fsp3) is 0.158. The van der Waals surface area contributed by atoms with Crippen LogP contribution in [0.3, 0.4) is 0 Å². The Balaban J connectivity index is 1.75. The van der Waals surface area contributed by atoms with Crippen molar-refractivity contribution in [2.75, 3.05) is 0 Å². The summed E-state index contributed by atoms with van der Waals surface area (Å²) in [6.45, 7) is 0. The molecule has 0 unspecified atom stereocenters. The highest BCUT2D eigenvalue weighted by Crippen LogP contribution is 2.12. The van der Waals surface area contributed by atoms with E-state index >= 15 is 0 Å². The van der Waals surface area contributed by atoms with Gasteiger partial charge in [0, 0.05) is 30.9 Å². The van der Waals surface area contributed by atoms with E-state index in [1.807, 2.05) is 66.3 Å². The zero-order valence-electron chi connectivity index (χ0n) is 12.6. The first kappa shape index (κ1) is 14.3. The van der Waals surface area contributed by atoms with Crippen molar-refractivity contribution in [3.05, 3.63) is 89.5 Å². The van der Waals surface area contributed by atoms with E-state index in [1.54, 1.807) is 0 Å². The number of rotatable bonds is 5. The molecule has 3 nitrogen and oxygen atoms in total. The number of Topliss-reactive ketones (excluding diaryl/α,β-unsaturated/α-hetero) is 1. The molecule has 22 heavy (non-hydrogen) atoms. The number of imidazole rings is 1. The van der Waals surface area contributed by atoms with E-state index in [4.69, 9.17) is 0 Å². The first-order valence-corrected chi connectivity index (χ1v) is 7.35. The molecule has 1 heterocycles. The minimum Gasteiger partial charge on any atom is -0.334 e. The number of carbonyl (C=O) groups excluding carboxylic acids is 1. The molecular formula is C19H18N2O. The Kier molecular flexibility index (Phi) is 4.15. The van der Waals surface area contributed by atoms with Gasteiger partial charge in [-0.15, -0.1) is 0 Å². The highest BCUT2D eigenvalue weighted by Gasteiger charge is 2.12. The van der Waals surface area contributed by atoms with Crippen LogP contribution in [0, 0.1) is 0 Å². The third-order valence-electron chi connectivity index (χ3n) is 3.82. The van der Waals surface area contributed by atoms with Crippen LogP contribution in [0.1, 0.15) is 27.4 Å². The van der Waals surface area contributed by atoms with Gasteiger partial charge < -0.3 is 4.57 Å². The molecule has 0 saturated heterocycles. The summed E-state index contributed by atoms with van der Waals surface area (Å²) in [5, 5.41) is 0. The van der Waals surface area contributed by atoms with Crippen LogP contribution in [0.5, 0.6) is 0 Å². The second kappa shape index (κ2) is 6.39. The van der Waals surface area contributed by atoms with Crippen LogP contribution >= 0.6 is 0 Å². The zero-order valence-corrected chi connectivity index (χ0v) is 12.6. The first-order valence-electron chi connectivity index (χ1n) is 7.35. The third kappa shape index (κ3) is 3.14. The number of ketones is 1. The second-order valence-electron chi connectivity index (χ2n) is 5.35. The SMILES string of the molecule is Cn1c(Cc2ccccc2)cnc1CC(=O)c1ccccc1. The van der Waals surface area contributed by atoms with Crippen LogP contribution in [0.4, 0.5) is 0 Å². The predicted molar refractivity (Wildman–Crippen MR) is 86.9 cm³/mol. The smallest absolute Gasteiger partial charge is 0.170 e. The maximum absolute atomic E-state index is 12.3. The number of hydrogen-bond donors (Lipinski definition) is 0. The summed E-state index contributed by atoms with van der Waals surface area (Å²) in [5.74, 6) is 0.903. The lowest BCUT2D eigenvalue weighted by Gasteiger charge is -2.06. The predicted octanol–water partition coefficient (Wildman–Crippen LogP) is 3.44. The quantitative estimate of drug-likeness (QED) is 0.675. The number of carbonyl (C=O) groups is 1. The summed E-state index contributed by atoms with van der Waals surface area (Å²) in [6, 6.07) is 19.6. The van der Waals surface area contributed by atoms with Crippen molar-refractivity contribution in [2.45, 2.75) is 12.8 Å². The normalized spacial score (nSPS) is 10.6. The van der Waals surface area contributed by atoms with Crippen LogP contribution in [-0.4, -0.2) is 15.3 Å². The molecule has 0 aliphatic heterocycles. The maximum Gasteiger partial charge on any atom is 0.170 e. The van der Waals surface area contributed by atoms with Crippen LogP contribution in [-0.2, 0) is 19.9 Å². The van der Waals surface area contributed by atoms with Crippen LogP contribution in [0.2, 0.25) is 0 Å². The van der Waals surface area contributed by atoms with Gasteiger partial charge in [0.1, 0.15) is 5.82 Å². The Morgan fingerprint density at radius 2 is 1.64 bits per heavy atom. The lowest BCUT2D eigenvalue weighted by molar-refractivity contribution is 0.0990. The Morgan fingerprint density at radius 1 is 1.00 bits per heavy atom. The highest BCUT2D eigenvalue weighted by atomic mass is 16.1. The maximum atomic E-state index is 12.3. The second-order valence-corrected chi connectivity index (χ2v) is 5.35. The molecule has 0 aliphatic rings. The van der Waals surface area contributed by atoms with Gasteiger partial charge in [0.25, 0.3) is 0 Å². The Labute approximate surface area is 130 Å². The van der Waals surface area contributed by atoms with Gasteiger partial charge >= 0.3 is 0 Å². The van der Waals surface area contributed by atoms with Gasteiger partial charge in [-0.3, -0.25) is 4.79 Å². The van der Waals surface area contributed by atoms with Crippen LogP contribution in [0.25, 0.3) is 0 Å². The largest absolute Gasteiger partial charge is 0.334 e. The zero-order chi connectivity index (χ0) is 15.4. The van der Waals surface area contributed by atoms with Crippen LogP contribution < -0.4 is 0 Å². The van der Waals surface area contributed by atoms with Crippen molar-refractivity contribution in [1.29, 1.82) is 0 Å². The number of aromatic nitrogens is 2. The van der Waals surface area contributed by atoms with Gasteiger partial charge in [-0.1, -0.05) is 60.7 Å². The summed E-state index contributed by atoms with van der Waals surface area (Å²) in [6.07, 6.45) is 3.01. The summed E-state index contributed by atoms with van der Waals surface area (Å²) >= 11 is 0. The molecule has 3 heteroatoms.